The van der Waals surface area contributed by atoms with Crippen LogP contribution in [0, 0.1) is 17.1 Å². The molecule has 0 aromatic heterocycles. The molecule has 0 amide bonds. The molecule has 0 bridgehead atoms. The van der Waals surface area contributed by atoms with Gasteiger partial charge >= 0.3 is 58.4 Å². The van der Waals surface area contributed by atoms with Crippen LogP contribution in [0.4, 0.5) is 17.3 Å². The van der Waals surface area contributed by atoms with Gasteiger partial charge in [-0.2, -0.15) is 5.26 Å². The second-order valence-electron chi connectivity index (χ2n) is 4.05. The Bertz CT molecular complexity index is 451. The van der Waals surface area contributed by atoms with Crippen molar-refractivity contribution in [3.63, 3.8) is 0 Å². The molecule has 1 aromatic rings. The number of nitrogens with zero attached hydrogens (tertiary/aromatic N) is 1. The summed E-state index contributed by atoms with van der Waals surface area (Å²) >= 11 is 0. The van der Waals surface area contributed by atoms with Gasteiger partial charge in [0.15, 0.2) is 0 Å². The van der Waals surface area contributed by atoms with Crippen LogP contribution in [-0.4, -0.2) is 6.98 Å². The van der Waals surface area contributed by atoms with Crippen molar-refractivity contribution in [2.75, 3.05) is 0 Å². The average molecular weight is 269 g/mol. The van der Waals surface area contributed by atoms with E-state index in [4.69, 9.17) is 5.26 Å². The van der Waals surface area contributed by atoms with Crippen LogP contribution in [-0.2, 0) is 5.41 Å². The first kappa shape index (κ1) is 17.1. The van der Waals surface area contributed by atoms with Crippen molar-refractivity contribution < 1.29 is 68.7 Å². The molecule has 0 saturated carbocycles. The van der Waals surface area contributed by atoms with Gasteiger partial charge in [0, 0.05) is 5.56 Å². The van der Waals surface area contributed by atoms with Gasteiger partial charge in [-0.3, -0.25) is 0 Å². The van der Waals surface area contributed by atoms with E-state index in [0.717, 1.165) is 12.1 Å². The monoisotopic (exact) mass is 269 g/mol. The predicted octanol–water partition coefficient (Wildman–Crippen LogP) is -0.315. The summed E-state index contributed by atoms with van der Waals surface area (Å²) in [4.78, 5) is 0. The SMILES string of the molecule is CC(C)(C#N)c1ccc([B-](F)(F)F)cc1F.[K+]. The van der Waals surface area contributed by atoms with E-state index in [1.54, 1.807) is 0 Å². The van der Waals surface area contributed by atoms with Crippen molar-refractivity contribution in [2.24, 2.45) is 0 Å². The van der Waals surface area contributed by atoms with Crippen LogP contribution in [0.15, 0.2) is 18.2 Å². The van der Waals surface area contributed by atoms with Crippen molar-refractivity contribution in [3.05, 3.63) is 29.6 Å². The third-order valence-electron chi connectivity index (χ3n) is 2.32. The van der Waals surface area contributed by atoms with E-state index in [-0.39, 0.29) is 56.9 Å². The quantitative estimate of drug-likeness (QED) is 0.533. The predicted molar refractivity (Wildman–Crippen MR) is 53.8 cm³/mol. The van der Waals surface area contributed by atoms with Gasteiger partial charge in [0.25, 0.3) is 0 Å². The van der Waals surface area contributed by atoms with E-state index >= 15 is 0 Å². The molecule has 0 radical (unpaired) electrons. The zero-order valence-electron chi connectivity index (χ0n) is 9.77. The maximum absolute atomic E-state index is 13.4. The summed E-state index contributed by atoms with van der Waals surface area (Å²) in [6.07, 6.45) is 0. The Balaban J connectivity index is 0.00000256. The van der Waals surface area contributed by atoms with Crippen LogP contribution in [0.5, 0.6) is 0 Å². The number of halogens is 4. The Morgan fingerprint density at radius 2 is 1.76 bits per heavy atom. The van der Waals surface area contributed by atoms with Gasteiger partial charge in [-0.25, -0.2) is 4.39 Å². The first-order valence-electron chi connectivity index (χ1n) is 4.59. The molecule has 1 rings (SSSR count). The molecule has 0 fully saturated rings. The molecule has 0 spiro atoms. The standard InChI is InChI=1S/C10H9BF4N.K/c1-10(2,6-16)8-4-3-7(5-9(8)12)11(13,14)15;/h3-5H,1-2H3;/q-1;+1. The minimum absolute atomic E-state index is 0. The van der Waals surface area contributed by atoms with E-state index in [1.165, 1.54) is 13.8 Å². The van der Waals surface area contributed by atoms with Crippen LogP contribution in [0.2, 0.25) is 0 Å². The smallest absolute Gasteiger partial charge is 0.445 e. The Morgan fingerprint density at radius 1 is 1.24 bits per heavy atom. The van der Waals surface area contributed by atoms with E-state index in [9.17, 15) is 17.3 Å². The molecule has 0 aliphatic carbocycles. The van der Waals surface area contributed by atoms with Gasteiger partial charge < -0.3 is 12.9 Å². The Morgan fingerprint density at radius 3 is 2.12 bits per heavy atom. The van der Waals surface area contributed by atoms with Crippen molar-refractivity contribution in [1.29, 1.82) is 5.26 Å². The molecule has 7 heteroatoms. The van der Waals surface area contributed by atoms with Gasteiger partial charge in [-0.05, 0) is 13.8 Å². The molecule has 0 unspecified atom stereocenters. The third kappa shape index (κ3) is 4.07. The molecule has 0 N–H and O–H groups in total. The minimum atomic E-state index is -5.21. The molecular weight excluding hydrogens is 260 g/mol. The third-order valence-corrected chi connectivity index (χ3v) is 2.32. The number of hydrogen-bond donors (Lipinski definition) is 0. The van der Waals surface area contributed by atoms with Gasteiger partial charge in [0.2, 0.25) is 0 Å². The number of nitriles is 1. The van der Waals surface area contributed by atoms with Crippen LogP contribution >= 0.6 is 0 Å². The van der Waals surface area contributed by atoms with E-state index in [0.29, 0.717) is 6.07 Å². The van der Waals surface area contributed by atoms with Gasteiger partial charge in [-0.1, -0.05) is 18.2 Å². The molecule has 1 nitrogen and oxygen atoms in total. The molecule has 86 valence electrons. The molecule has 0 heterocycles. The topological polar surface area (TPSA) is 23.8 Å². The normalized spacial score (nSPS) is 11.6. The first-order valence-corrected chi connectivity index (χ1v) is 4.59. The Hall–Kier alpha value is 0.131. The first-order chi connectivity index (χ1) is 7.18. The zero-order chi connectivity index (χ0) is 12.6. The fraction of sp³-hybridized carbons (Fsp3) is 0.300. The van der Waals surface area contributed by atoms with Crippen molar-refractivity contribution >= 4 is 12.4 Å². The summed E-state index contributed by atoms with van der Waals surface area (Å²) in [6, 6.07) is 4.10. The molecule has 0 saturated heterocycles. The number of benzene rings is 1. The molecule has 1 aromatic carbocycles. The molecule has 17 heavy (non-hydrogen) atoms. The van der Waals surface area contributed by atoms with Gasteiger partial charge in [0.05, 0.1) is 11.5 Å². The van der Waals surface area contributed by atoms with Crippen LogP contribution < -0.4 is 56.8 Å². The van der Waals surface area contributed by atoms with Gasteiger partial charge in [0.1, 0.15) is 5.82 Å². The second kappa shape index (κ2) is 5.85. The molecular formula is C10H9BF4KN. The maximum atomic E-state index is 13.4. The summed E-state index contributed by atoms with van der Waals surface area (Å²) in [5.41, 5.74) is -2.16. The number of rotatable bonds is 2. The van der Waals surface area contributed by atoms with Crippen molar-refractivity contribution in [1.82, 2.24) is 0 Å². The summed E-state index contributed by atoms with van der Waals surface area (Å²) in [5.74, 6) is -0.997. The maximum Gasteiger partial charge on any atom is 1.00 e. The summed E-state index contributed by atoms with van der Waals surface area (Å²) in [6.45, 7) is -2.31. The van der Waals surface area contributed by atoms with Gasteiger partial charge in [-0.15, -0.1) is 5.46 Å². The van der Waals surface area contributed by atoms with E-state index < -0.39 is 23.7 Å². The summed E-state index contributed by atoms with van der Waals surface area (Å²) < 4.78 is 50.3. The fourth-order valence-corrected chi connectivity index (χ4v) is 1.30. The van der Waals surface area contributed by atoms with Crippen LogP contribution in [0.1, 0.15) is 19.4 Å². The van der Waals surface area contributed by atoms with Crippen molar-refractivity contribution in [3.8, 4) is 6.07 Å². The van der Waals surface area contributed by atoms with E-state index in [2.05, 4.69) is 0 Å². The second-order valence-corrected chi connectivity index (χ2v) is 4.05. The summed E-state index contributed by atoms with van der Waals surface area (Å²) in [5, 5.41) is 8.77. The zero-order valence-corrected chi connectivity index (χ0v) is 12.9. The van der Waals surface area contributed by atoms with Crippen molar-refractivity contribution in [2.45, 2.75) is 19.3 Å². The Kier molecular flexibility index (Phi) is 5.89. The molecule has 0 atom stereocenters. The number of hydrogen-bond acceptors (Lipinski definition) is 1. The van der Waals surface area contributed by atoms with E-state index in [1.807, 2.05) is 6.07 Å². The molecule has 0 aliphatic rings. The fourth-order valence-electron chi connectivity index (χ4n) is 1.30. The average Bonchev–Trinajstić information content (AvgIpc) is 2.16. The minimum Gasteiger partial charge on any atom is -0.445 e. The largest absolute Gasteiger partial charge is 1.00 e. The van der Waals surface area contributed by atoms with Crippen LogP contribution in [0.3, 0.4) is 0 Å². The van der Waals surface area contributed by atoms with Crippen LogP contribution in [0.25, 0.3) is 0 Å². The summed E-state index contributed by atoms with van der Waals surface area (Å²) in [7, 11) is 0. The Labute approximate surface area is 140 Å². The molecule has 0 aliphatic heterocycles.